The van der Waals surface area contributed by atoms with Crippen molar-refractivity contribution in [1.29, 1.82) is 0 Å². The Hall–Kier alpha value is -1.48. The van der Waals surface area contributed by atoms with Gasteiger partial charge in [-0.15, -0.1) is 0 Å². The average molecular weight is 269 g/mol. The summed E-state index contributed by atoms with van der Waals surface area (Å²) in [5, 5.41) is -0.534. The third-order valence-corrected chi connectivity index (χ3v) is 2.75. The Morgan fingerprint density at radius 3 is 2.28 bits per heavy atom. The van der Waals surface area contributed by atoms with Gasteiger partial charge >= 0.3 is 0 Å². The van der Waals surface area contributed by atoms with Crippen LogP contribution in [0.25, 0.3) is 0 Å². The summed E-state index contributed by atoms with van der Waals surface area (Å²) < 4.78 is 10.4. The van der Waals surface area contributed by atoms with Crippen LogP contribution in [0.15, 0.2) is 23.8 Å². The van der Waals surface area contributed by atoms with E-state index in [9.17, 15) is 4.79 Å². The number of hydrogen-bond acceptors (Lipinski definition) is 3. The topological polar surface area (TPSA) is 35.5 Å². The first-order chi connectivity index (χ1) is 8.49. The van der Waals surface area contributed by atoms with Crippen LogP contribution in [0.5, 0.6) is 11.5 Å². The maximum atomic E-state index is 11.3. The van der Waals surface area contributed by atoms with Crippen molar-refractivity contribution in [2.45, 2.75) is 20.3 Å². The Bertz CT molecular complexity index is 474. The van der Waals surface area contributed by atoms with E-state index in [1.165, 1.54) is 12.7 Å². The molecule has 0 fully saturated rings. The predicted octanol–water partition coefficient (Wildman–Crippen LogP) is 3.59. The van der Waals surface area contributed by atoms with Gasteiger partial charge in [-0.2, -0.15) is 0 Å². The summed E-state index contributed by atoms with van der Waals surface area (Å²) in [6, 6.07) is 3.40. The predicted molar refractivity (Wildman–Crippen MR) is 72.9 cm³/mol. The molecule has 0 aliphatic carbocycles. The molecule has 0 N–H and O–H groups in total. The maximum Gasteiger partial charge on any atom is 0.256 e. The third kappa shape index (κ3) is 3.50. The van der Waals surface area contributed by atoms with Crippen molar-refractivity contribution in [2.24, 2.45) is 0 Å². The van der Waals surface area contributed by atoms with Crippen molar-refractivity contribution in [3.8, 4) is 11.5 Å². The largest absolute Gasteiger partial charge is 0.496 e. The summed E-state index contributed by atoms with van der Waals surface area (Å²) in [4.78, 5) is 11.3. The van der Waals surface area contributed by atoms with Crippen molar-refractivity contribution in [3.05, 3.63) is 34.9 Å². The number of benzene rings is 1. The maximum absolute atomic E-state index is 11.3. The summed E-state index contributed by atoms with van der Waals surface area (Å²) in [6.07, 6.45) is 2.75. The van der Waals surface area contributed by atoms with Crippen molar-refractivity contribution in [3.63, 3.8) is 0 Å². The number of hydrogen-bond donors (Lipinski definition) is 0. The highest BCUT2D eigenvalue weighted by Gasteiger charge is 2.14. The van der Waals surface area contributed by atoms with Crippen molar-refractivity contribution in [2.75, 3.05) is 14.2 Å². The zero-order valence-corrected chi connectivity index (χ0v) is 11.8. The number of rotatable bonds is 5. The molecule has 0 aliphatic rings. The van der Waals surface area contributed by atoms with Crippen LogP contribution < -0.4 is 9.47 Å². The lowest BCUT2D eigenvalue weighted by atomic mass is 10.0. The van der Waals surface area contributed by atoms with Gasteiger partial charge < -0.3 is 9.47 Å². The lowest BCUT2D eigenvalue weighted by molar-refractivity contribution is 0.107. The zero-order valence-electron chi connectivity index (χ0n) is 11.0. The summed E-state index contributed by atoms with van der Waals surface area (Å²) in [6.45, 7) is 4.03. The number of ether oxygens (including phenoxy) is 2. The molecule has 0 amide bonds. The second-order valence-electron chi connectivity index (χ2n) is 4.12. The molecule has 0 saturated heterocycles. The monoisotopic (exact) mass is 268 g/mol. The fourth-order valence-electron chi connectivity index (χ4n) is 1.59. The quantitative estimate of drug-likeness (QED) is 0.605. The molecule has 1 rings (SSSR count). The van der Waals surface area contributed by atoms with Crippen molar-refractivity contribution >= 4 is 16.8 Å². The van der Waals surface area contributed by atoms with Gasteiger partial charge in [-0.25, -0.2) is 0 Å². The fraction of sp³-hybridized carbons (Fsp3) is 0.357. The number of allylic oxidation sites excluding steroid dienone is 2. The van der Waals surface area contributed by atoms with Crippen LogP contribution >= 0.6 is 11.6 Å². The number of methoxy groups -OCH3 is 2. The molecular weight excluding hydrogens is 252 g/mol. The van der Waals surface area contributed by atoms with Gasteiger partial charge in [0.25, 0.3) is 5.24 Å². The van der Waals surface area contributed by atoms with Gasteiger partial charge in [0.05, 0.1) is 19.8 Å². The molecule has 0 spiro atoms. The SMILES string of the molecule is COc1cc(OC)c(C(=O)Cl)cc1CC=C(C)C. The molecule has 4 heteroatoms. The summed E-state index contributed by atoms with van der Waals surface area (Å²) >= 11 is 5.54. The van der Waals surface area contributed by atoms with Crippen molar-refractivity contribution in [1.82, 2.24) is 0 Å². The van der Waals surface area contributed by atoms with Crippen LogP contribution in [-0.4, -0.2) is 19.5 Å². The lowest BCUT2D eigenvalue weighted by Crippen LogP contribution is -2.00. The van der Waals surface area contributed by atoms with E-state index in [1.807, 2.05) is 13.8 Å². The van der Waals surface area contributed by atoms with Crippen LogP contribution in [0.2, 0.25) is 0 Å². The van der Waals surface area contributed by atoms with E-state index in [-0.39, 0.29) is 0 Å². The first kappa shape index (κ1) is 14.6. The molecule has 1 aromatic carbocycles. The molecule has 0 atom stereocenters. The Balaban J connectivity index is 3.27. The summed E-state index contributed by atoms with van der Waals surface area (Å²) in [7, 11) is 3.08. The van der Waals surface area contributed by atoms with Crippen LogP contribution in [0, 0.1) is 0 Å². The van der Waals surface area contributed by atoms with E-state index in [2.05, 4.69) is 6.08 Å². The number of carbonyl (C=O) groups excluding carboxylic acids is 1. The van der Waals surface area contributed by atoms with Gasteiger partial charge in [0, 0.05) is 6.07 Å². The molecule has 0 unspecified atom stereocenters. The summed E-state index contributed by atoms with van der Waals surface area (Å²) in [5.41, 5.74) is 2.47. The molecule has 0 radical (unpaired) electrons. The molecule has 18 heavy (non-hydrogen) atoms. The smallest absolute Gasteiger partial charge is 0.256 e. The van der Waals surface area contributed by atoms with Crippen LogP contribution in [0.4, 0.5) is 0 Å². The van der Waals surface area contributed by atoms with Crippen LogP contribution in [0.3, 0.4) is 0 Å². The highest BCUT2D eigenvalue weighted by atomic mass is 35.5. The van der Waals surface area contributed by atoms with E-state index in [4.69, 9.17) is 21.1 Å². The van der Waals surface area contributed by atoms with E-state index in [0.29, 0.717) is 23.5 Å². The lowest BCUT2D eigenvalue weighted by Gasteiger charge is -2.12. The van der Waals surface area contributed by atoms with Gasteiger partial charge in [-0.3, -0.25) is 4.79 Å². The Morgan fingerprint density at radius 2 is 1.83 bits per heavy atom. The van der Waals surface area contributed by atoms with Crippen LogP contribution in [0.1, 0.15) is 29.8 Å². The van der Waals surface area contributed by atoms with E-state index >= 15 is 0 Å². The number of carbonyl (C=O) groups is 1. The second kappa shape index (κ2) is 6.45. The molecule has 1 aromatic rings. The molecule has 0 heterocycles. The van der Waals surface area contributed by atoms with Crippen molar-refractivity contribution < 1.29 is 14.3 Å². The van der Waals surface area contributed by atoms with Gasteiger partial charge in [0.2, 0.25) is 0 Å². The third-order valence-electron chi connectivity index (χ3n) is 2.54. The molecule has 0 aromatic heterocycles. The fourth-order valence-corrected chi connectivity index (χ4v) is 1.74. The Kier molecular flexibility index (Phi) is 5.23. The minimum absolute atomic E-state index is 0.358. The molecule has 0 bridgehead atoms. The zero-order chi connectivity index (χ0) is 13.7. The van der Waals surface area contributed by atoms with Gasteiger partial charge in [0.15, 0.2) is 0 Å². The molecule has 98 valence electrons. The van der Waals surface area contributed by atoms with E-state index in [1.54, 1.807) is 19.2 Å². The summed E-state index contributed by atoms with van der Waals surface area (Å²) in [5.74, 6) is 1.11. The second-order valence-corrected chi connectivity index (χ2v) is 4.47. The van der Waals surface area contributed by atoms with Crippen LogP contribution in [-0.2, 0) is 6.42 Å². The van der Waals surface area contributed by atoms with Gasteiger partial charge in [0.1, 0.15) is 11.5 Å². The molecule has 0 aliphatic heterocycles. The highest BCUT2D eigenvalue weighted by molar-refractivity contribution is 6.68. The van der Waals surface area contributed by atoms with E-state index < -0.39 is 5.24 Å². The minimum atomic E-state index is -0.534. The molecular formula is C14H17ClO3. The van der Waals surface area contributed by atoms with Gasteiger partial charge in [-0.05, 0) is 43.5 Å². The first-order valence-electron chi connectivity index (χ1n) is 5.57. The van der Waals surface area contributed by atoms with Gasteiger partial charge in [-0.1, -0.05) is 11.6 Å². The highest BCUT2D eigenvalue weighted by Crippen LogP contribution is 2.30. The first-order valence-corrected chi connectivity index (χ1v) is 5.95. The minimum Gasteiger partial charge on any atom is -0.496 e. The molecule has 0 saturated carbocycles. The average Bonchev–Trinajstić information content (AvgIpc) is 2.34. The van der Waals surface area contributed by atoms with E-state index in [0.717, 1.165) is 5.56 Å². The standard InChI is InChI=1S/C14H17ClO3/c1-9(2)5-6-10-7-11(14(15)16)13(18-4)8-12(10)17-3/h5,7-8H,6H2,1-4H3. The Morgan fingerprint density at radius 1 is 1.22 bits per heavy atom. The Labute approximate surface area is 112 Å². The normalized spacial score (nSPS) is 9.83. The molecule has 3 nitrogen and oxygen atoms in total. The number of halogens is 1.